The normalized spacial score (nSPS) is 19.7. The van der Waals surface area contributed by atoms with E-state index in [1.807, 2.05) is 0 Å². The van der Waals surface area contributed by atoms with Crippen molar-refractivity contribution < 1.29 is 9.59 Å². The molecular weight excluding hydrogens is 252 g/mol. The predicted octanol–water partition coefficient (Wildman–Crippen LogP) is 2.38. The monoisotopic (exact) mass is 266 g/mol. The summed E-state index contributed by atoms with van der Waals surface area (Å²) in [5, 5.41) is 0.329. The maximum absolute atomic E-state index is 12.2. The van der Waals surface area contributed by atoms with Crippen LogP contribution in [0.3, 0.4) is 0 Å². The largest absolute Gasteiger partial charge is 0.278 e. The number of imide groups is 1. The van der Waals surface area contributed by atoms with Gasteiger partial charge in [-0.3, -0.25) is 19.5 Å². The minimum atomic E-state index is -0.346. The smallest absolute Gasteiger partial charge is 0.263 e. The predicted molar refractivity (Wildman–Crippen MR) is 68.2 cm³/mol. The number of likely N-dealkylation sites (tertiary alicyclic amines) is 1. The van der Waals surface area contributed by atoms with E-state index in [9.17, 15) is 9.59 Å². The van der Waals surface area contributed by atoms with Crippen molar-refractivity contribution in [1.82, 2.24) is 9.88 Å². The molecular formula is C13H15ClN2O2. The summed E-state index contributed by atoms with van der Waals surface area (Å²) in [4.78, 5) is 29.2. The van der Waals surface area contributed by atoms with E-state index in [1.54, 1.807) is 6.07 Å². The number of aromatic nitrogens is 1. The van der Waals surface area contributed by atoms with Crippen molar-refractivity contribution in [2.75, 3.05) is 6.54 Å². The Bertz CT molecular complexity index is 488. The van der Waals surface area contributed by atoms with Gasteiger partial charge < -0.3 is 0 Å². The first-order valence-electron chi connectivity index (χ1n) is 5.95. The summed E-state index contributed by atoms with van der Waals surface area (Å²) in [6, 6.07) is 1.55. The molecule has 18 heavy (non-hydrogen) atoms. The lowest BCUT2D eigenvalue weighted by Gasteiger charge is -2.16. The first kappa shape index (κ1) is 13.0. The SMILES string of the molecule is CC(C)C1CC(=O)N(C(=O)c2cnccc2Cl)C1. The maximum atomic E-state index is 12.2. The van der Waals surface area contributed by atoms with Crippen LogP contribution in [0, 0.1) is 11.8 Å². The molecule has 4 nitrogen and oxygen atoms in total. The molecule has 0 bridgehead atoms. The number of rotatable bonds is 2. The maximum Gasteiger partial charge on any atom is 0.263 e. The average Bonchev–Trinajstić information content (AvgIpc) is 2.71. The highest BCUT2D eigenvalue weighted by Gasteiger charge is 2.36. The molecule has 0 aromatic carbocycles. The van der Waals surface area contributed by atoms with Gasteiger partial charge in [0.1, 0.15) is 0 Å². The van der Waals surface area contributed by atoms with Gasteiger partial charge in [-0.2, -0.15) is 0 Å². The Morgan fingerprint density at radius 1 is 1.56 bits per heavy atom. The zero-order valence-electron chi connectivity index (χ0n) is 10.4. The molecule has 96 valence electrons. The Morgan fingerprint density at radius 2 is 2.28 bits per heavy atom. The third-order valence-corrected chi connectivity index (χ3v) is 3.67. The topological polar surface area (TPSA) is 50.3 Å². The number of halogens is 1. The molecule has 1 fully saturated rings. The molecule has 0 N–H and O–H groups in total. The summed E-state index contributed by atoms with van der Waals surface area (Å²) >= 11 is 5.95. The minimum absolute atomic E-state index is 0.126. The van der Waals surface area contributed by atoms with Crippen LogP contribution in [0.2, 0.25) is 5.02 Å². The number of carbonyl (C=O) groups is 2. The zero-order chi connectivity index (χ0) is 13.3. The lowest BCUT2D eigenvalue weighted by atomic mass is 9.95. The van der Waals surface area contributed by atoms with Gasteiger partial charge in [-0.25, -0.2) is 0 Å². The second-order valence-electron chi connectivity index (χ2n) is 4.87. The van der Waals surface area contributed by atoms with Crippen LogP contribution in [0.15, 0.2) is 18.5 Å². The highest BCUT2D eigenvalue weighted by atomic mass is 35.5. The van der Waals surface area contributed by atoms with Gasteiger partial charge in [0.15, 0.2) is 0 Å². The van der Waals surface area contributed by atoms with Crippen molar-refractivity contribution >= 4 is 23.4 Å². The van der Waals surface area contributed by atoms with Crippen LogP contribution in [-0.2, 0) is 4.79 Å². The van der Waals surface area contributed by atoms with Crippen molar-refractivity contribution in [2.45, 2.75) is 20.3 Å². The summed E-state index contributed by atoms with van der Waals surface area (Å²) in [6.45, 7) is 4.59. The first-order valence-corrected chi connectivity index (χ1v) is 6.32. The Hall–Kier alpha value is -1.42. The zero-order valence-corrected chi connectivity index (χ0v) is 11.1. The summed E-state index contributed by atoms with van der Waals surface area (Å²) in [6.07, 6.45) is 3.35. The van der Waals surface area contributed by atoms with E-state index in [1.165, 1.54) is 17.3 Å². The molecule has 1 aromatic heterocycles. The molecule has 2 rings (SSSR count). The highest BCUT2D eigenvalue weighted by Crippen LogP contribution is 2.27. The van der Waals surface area contributed by atoms with E-state index in [0.29, 0.717) is 23.9 Å². The third-order valence-electron chi connectivity index (χ3n) is 3.34. The van der Waals surface area contributed by atoms with E-state index in [4.69, 9.17) is 11.6 Å². The van der Waals surface area contributed by atoms with E-state index in [-0.39, 0.29) is 23.3 Å². The number of carbonyl (C=O) groups excluding carboxylic acids is 2. The van der Waals surface area contributed by atoms with E-state index in [2.05, 4.69) is 18.8 Å². The van der Waals surface area contributed by atoms with Crippen LogP contribution >= 0.6 is 11.6 Å². The lowest BCUT2D eigenvalue weighted by Crippen LogP contribution is -2.33. The van der Waals surface area contributed by atoms with Gasteiger partial charge in [0.05, 0.1) is 10.6 Å². The molecule has 2 heterocycles. The number of nitrogens with zero attached hydrogens (tertiary/aromatic N) is 2. The van der Waals surface area contributed by atoms with Crippen LogP contribution in [0.1, 0.15) is 30.6 Å². The molecule has 0 spiro atoms. The summed E-state index contributed by atoms with van der Waals surface area (Å²) in [5.41, 5.74) is 0.289. The molecule has 1 aromatic rings. The summed E-state index contributed by atoms with van der Waals surface area (Å²) in [5.74, 6) is 0.146. The van der Waals surface area contributed by atoms with Crippen LogP contribution < -0.4 is 0 Å². The van der Waals surface area contributed by atoms with Crippen molar-refractivity contribution in [1.29, 1.82) is 0 Å². The number of pyridine rings is 1. The van der Waals surface area contributed by atoms with Gasteiger partial charge in [0.2, 0.25) is 5.91 Å². The molecule has 1 saturated heterocycles. The average molecular weight is 267 g/mol. The van der Waals surface area contributed by atoms with Crippen LogP contribution in [0.25, 0.3) is 0 Å². The van der Waals surface area contributed by atoms with Gasteiger partial charge in [0, 0.05) is 25.4 Å². The summed E-state index contributed by atoms with van der Waals surface area (Å²) in [7, 11) is 0. The molecule has 1 atom stereocenters. The molecule has 1 aliphatic heterocycles. The Labute approximate surface area is 111 Å². The molecule has 0 aliphatic carbocycles. The van der Waals surface area contributed by atoms with Crippen LogP contribution in [-0.4, -0.2) is 28.2 Å². The van der Waals surface area contributed by atoms with Crippen molar-refractivity contribution in [2.24, 2.45) is 11.8 Å². The third kappa shape index (κ3) is 2.38. The van der Waals surface area contributed by atoms with Crippen LogP contribution in [0.4, 0.5) is 0 Å². The number of hydrogen-bond acceptors (Lipinski definition) is 3. The second-order valence-corrected chi connectivity index (χ2v) is 5.28. The number of amides is 2. The van der Waals surface area contributed by atoms with Gasteiger partial charge in [-0.15, -0.1) is 0 Å². The molecule has 2 amide bonds. The van der Waals surface area contributed by atoms with Gasteiger partial charge in [-0.05, 0) is 17.9 Å². The van der Waals surface area contributed by atoms with Gasteiger partial charge in [-0.1, -0.05) is 25.4 Å². The highest BCUT2D eigenvalue weighted by molar-refractivity contribution is 6.34. The lowest BCUT2D eigenvalue weighted by molar-refractivity contribution is -0.125. The Kier molecular flexibility index (Phi) is 3.66. The van der Waals surface area contributed by atoms with Gasteiger partial charge in [0.25, 0.3) is 5.91 Å². The fraction of sp³-hybridized carbons (Fsp3) is 0.462. The second kappa shape index (κ2) is 5.06. The Morgan fingerprint density at radius 3 is 2.83 bits per heavy atom. The molecule has 1 unspecified atom stereocenters. The fourth-order valence-corrected chi connectivity index (χ4v) is 2.24. The van der Waals surface area contributed by atoms with Crippen molar-refractivity contribution in [3.05, 3.63) is 29.0 Å². The quantitative estimate of drug-likeness (QED) is 0.772. The van der Waals surface area contributed by atoms with E-state index < -0.39 is 0 Å². The summed E-state index contributed by atoms with van der Waals surface area (Å²) < 4.78 is 0. The standard InChI is InChI=1S/C13H15ClN2O2/c1-8(2)9-5-12(17)16(7-9)13(18)10-6-15-4-3-11(10)14/h3-4,6,8-9H,5,7H2,1-2H3. The molecule has 5 heteroatoms. The Balaban J connectivity index is 2.21. The first-order chi connectivity index (χ1) is 8.50. The van der Waals surface area contributed by atoms with Crippen LogP contribution in [0.5, 0.6) is 0 Å². The van der Waals surface area contributed by atoms with E-state index in [0.717, 1.165) is 0 Å². The van der Waals surface area contributed by atoms with Crippen molar-refractivity contribution in [3.63, 3.8) is 0 Å². The van der Waals surface area contributed by atoms with E-state index >= 15 is 0 Å². The van der Waals surface area contributed by atoms with Gasteiger partial charge >= 0.3 is 0 Å². The molecule has 0 saturated carbocycles. The molecule has 1 aliphatic rings. The fourth-order valence-electron chi connectivity index (χ4n) is 2.06. The van der Waals surface area contributed by atoms with Crippen molar-refractivity contribution in [3.8, 4) is 0 Å². The number of hydrogen-bond donors (Lipinski definition) is 0. The minimum Gasteiger partial charge on any atom is -0.278 e. The molecule has 0 radical (unpaired) electrons.